The van der Waals surface area contributed by atoms with E-state index in [9.17, 15) is 17.9 Å². The number of hydrogen-bond acceptors (Lipinski definition) is 3. The number of halogens is 1. The molecule has 0 spiro atoms. The molecule has 0 amide bonds. The number of sulfone groups is 1. The van der Waals surface area contributed by atoms with Crippen LogP contribution in [-0.4, -0.2) is 24.9 Å². The minimum Gasteiger partial charge on any atom is -0.390 e. The molecule has 0 aliphatic heterocycles. The molecule has 0 aliphatic carbocycles. The lowest BCUT2D eigenvalue weighted by molar-refractivity contribution is 0.0772. The van der Waals surface area contributed by atoms with E-state index in [0.29, 0.717) is 5.56 Å². The predicted molar refractivity (Wildman–Crippen MR) is 64.8 cm³/mol. The van der Waals surface area contributed by atoms with Crippen molar-refractivity contribution >= 4 is 9.84 Å². The highest BCUT2D eigenvalue weighted by Crippen LogP contribution is 2.13. The first kappa shape index (κ1) is 14.1. The van der Waals surface area contributed by atoms with Gasteiger partial charge in [0, 0.05) is 0 Å². The average molecular weight is 260 g/mol. The van der Waals surface area contributed by atoms with Crippen LogP contribution in [0, 0.1) is 5.82 Å². The first-order chi connectivity index (χ1) is 7.68. The summed E-state index contributed by atoms with van der Waals surface area (Å²) in [6.45, 7) is 3.12. The zero-order valence-electron chi connectivity index (χ0n) is 9.98. The Bertz CT molecular complexity index is 475. The monoisotopic (exact) mass is 260 g/mol. The molecule has 0 fully saturated rings. The van der Waals surface area contributed by atoms with Crippen molar-refractivity contribution in [2.24, 2.45) is 0 Å². The van der Waals surface area contributed by atoms with E-state index in [2.05, 4.69) is 0 Å². The molecule has 0 radical (unpaired) electrons. The Balaban J connectivity index is 2.67. The van der Waals surface area contributed by atoms with Crippen LogP contribution in [-0.2, 0) is 15.6 Å². The van der Waals surface area contributed by atoms with Gasteiger partial charge in [-0.2, -0.15) is 0 Å². The molecular formula is C12H17FO3S. The van der Waals surface area contributed by atoms with Gasteiger partial charge in [0.25, 0.3) is 0 Å². The Kier molecular flexibility index (Phi) is 4.27. The second-order valence-electron chi connectivity index (χ2n) is 4.78. The lowest BCUT2D eigenvalue weighted by Gasteiger charge is -2.16. The van der Waals surface area contributed by atoms with Gasteiger partial charge in [-0.25, -0.2) is 12.8 Å². The minimum absolute atomic E-state index is 0.104. The normalized spacial score (nSPS) is 12.7. The standard InChI is InChI=1S/C12H17FO3S/c1-12(2,14)6-7-17(15,16)9-10-4-3-5-11(13)8-10/h3-5,8,14H,6-7,9H2,1-2H3. The molecule has 0 bridgehead atoms. The summed E-state index contributed by atoms with van der Waals surface area (Å²) in [6.07, 6.45) is 0.171. The third-order valence-electron chi connectivity index (χ3n) is 2.30. The molecule has 1 N–H and O–H groups in total. The fourth-order valence-corrected chi connectivity index (χ4v) is 3.00. The van der Waals surface area contributed by atoms with E-state index in [0.717, 1.165) is 0 Å². The maximum atomic E-state index is 12.9. The van der Waals surface area contributed by atoms with E-state index in [1.54, 1.807) is 19.9 Å². The molecule has 1 aromatic carbocycles. The zero-order valence-corrected chi connectivity index (χ0v) is 10.8. The summed E-state index contributed by atoms with van der Waals surface area (Å²) >= 11 is 0. The first-order valence-corrected chi connectivity index (χ1v) is 7.17. The molecule has 3 nitrogen and oxygen atoms in total. The number of rotatable bonds is 5. The fraction of sp³-hybridized carbons (Fsp3) is 0.500. The van der Waals surface area contributed by atoms with Gasteiger partial charge < -0.3 is 5.11 Å². The molecular weight excluding hydrogens is 243 g/mol. The molecule has 96 valence electrons. The molecule has 1 aromatic rings. The van der Waals surface area contributed by atoms with Crippen molar-refractivity contribution in [2.45, 2.75) is 31.6 Å². The molecule has 17 heavy (non-hydrogen) atoms. The summed E-state index contributed by atoms with van der Waals surface area (Å²) in [7, 11) is -3.31. The molecule has 0 saturated carbocycles. The van der Waals surface area contributed by atoms with Gasteiger partial charge in [0.2, 0.25) is 0 Å². The van der Waals surface area contributed by atoms with E-state index >= 15 is 0 Å². The molecule has 5 heteroatoms. The minimum atomic E-state index is -3.31. The molecule has 0 saturated heterocycles. The molecule has 0 heterocycles. The smallest absolute Gasteiger partial charge is 0.154 e. The van der Waals surface area contributed by atoms with Crippen LogP contribution in [0.3, 0.4) is 0 Å². The van der Waals surface area contributed by atoms with Crippen LogP contribution in [0.2, 0.25) is 0 Å². The predicted octanol–water partition coefficient (Wildman–Crippen LogP) is 1.90. The van der Waals surface area contributed by atoms with E-state index in [4.69, 9.17) is 0 Å². The van der Waals surface area contributed by atoms with E-state index in [1.807, 2.05) is 0 Å². The summed E-state index contributed by atoms with van der Waals surface area (Å²) in [4.78, 5) is 0. The number of hydrogen-bond donors (Lipinski definition) is 1. The van der Waals surface area contributed by atoms with Crippen molar-refractivity contribution in [1.29, 1.82) is 0 Å². The van der Waals surface area contributed by atoms with Crippen molar-refractivity contribution < 1.29 is 17.9 Å². The summed E-state index contributed by atoms with van der Waals surface area (Å²) in [5.41, 5.74) is -0.574. The van der Waals surface area contributed by atoms with Gasteiger partial charge in [-0.1, -0.05) is 12.1 Å². The van der Waals surface area contributed by atoms with Crippen LogP contribution < -0.4 is 0 Å². The second kappa shape index (κ2) is 5.14. The second-order valence-corrected chi connectivity index (χ2v) is 6.97. The van der Waals surface area contributed by atoms with Crippen LogP contribution in [0.1, 0.15) is 25.8 Å². The zero-order chi connectivity index (χ0) is 13.1. The SMILES string of the molecule is CC(C)(O)CCS(=O)(=O)Cc1cccc(F)c1. The van der Waals surface area contributed by atoms with E-state index < -0.39 is 21.3 Å². The summed E-state index contributed by atoms with van der Waals surface area (Å²) in [5, 5.41) is 9.47. The van der Waals surface area contributed by atoms with Crippen molar-refractivity contribution in [2.75, 3.05) is 5.75 Å². The van der Waals surface area contributed by atoms with Crippen molar-refractivity contribution in [3.8, 4) is 0 Å². The van der Waals surface area contributed by atoms with Crippen LogP contribution in [0.15, 0.2) is 24.3 Å². The highest BCUT2D eigenvalue weighted by molar-refractivity contribution is 7.90. The number of benzene rings is 1. The third kappa shape index (κ3) is 5.79. The largest absolute Gasteiger partial charge is 0.390 e. The van der Waals surface area contributed by atoms with Crippen LogP contribution in [0.4, 0.5) is 4.39 Å². The average Bonchev–Trinajstić information content (AvgIpc) is 2.13. The maximum absolute atomic E-state index is 12.9. The molecule has 0 aromatic heterocycles. The van der Waals surface area contributed by atoms with Gasteiger partial charge in [0.1, 0.15) is 5.82 Å². The highest BCUT2D eigenvalue weighted by Gasteiger charge is 2.19. The Hall–Kier alpha value is -0.940. The van der Waals surface area contributed by atoms with Crippen molar-refractivity contribution in [3.05, 3.63) is 35.6 Å². The lowest BCUT2D eigenvalue weighted by atomic mass is 10.1. The Morgan fingerprint density at radius 2 is 2.00 bits per heavy atom. The van der Waals surface area contributed by atoms with Gasteiger partial charge in [0.15, 0.2) is 9.84 Å². The van der Waals surface area contributed by atoms with Gasteiger partial charge in [-0.3, -0.25) is 0 Å². The fourth-order valence-electron chi connectivity index (χ4n) is 1.36. The van der Waals surface area contributed by atoms with Crippen LogP contribution in [0.25, 0.3) is 0 Å². The quantitative estimate of drug-likeness (QED) is 0.879. The van der Waals surface area contributed by atoms with Gasteiger partial charge >= 0.3 is 0 Å². The Morgan fingerprint density at radius 1 is 1.35 bits per heavy atom. The summed E-state index contributed by atoms with van der Waals surface area (Å²) < 4.78 is 36.3. The first-order valence-electron chi connectivity index (χ1n) is 5.35. The maximum Gasteiger partial charge on any atom is 0.154 e. The molecule has 0 aliphatic rings. The van der Waals surface area contributed by atoms with E-state index in [1.165, 1.54) is 18.2 Å². The summed E-state index contributed by atoms with van der Waals surface area (Å²) in [5.74, 6) is -0.742. The van der Waals surface area contributed by atoms with Gasteiger partial charge in [0.05, 0.1) is 17.1 Å². The molecule has 0 unspecified atom stereocenters. The van der Waals surface area contributed by atoms with Crippen LogP contribution >= 0.6 is 0 Å². The lowest BCUT2D eigenvalue weighted by Crippen LogP contribution is -2.23. The Labute approximate surface area is 101 Å². The highest BCUT2D eigenvalue weighted by atomic mass is 32.2. The molecule has 0 atom stereocenters. The topological polar surface area (TPSA) is 54.4 Å². The van der Waals surface area contributed by atoms with Gasteiger partial charge in [-0.05, 0) is 38.0 Å². The third-order valence-corrected chi connectivity index (χ3v) is 3.90. The van der Waals surface area contributed by atoms with Crippen molar-refractivity contribution in [1.82, 2.24) is 0 Å². The number of aliphatic hydroxyl groups is 1. The van der Waals surface area contributed by atoms with Crippen molar-refractivity contribution in [3.63, 3.8) is 0 Å². The summed E-state index contributed by atoms with van der Waals surface area (Å²) in [6, 6.07) is 5.54. The van der Waals surface area contributed by atoms with E-state index in [-0.39, 0.29) is 17.9 Å². The van der Waals surface area contributed by atoms with Crippen LogP contribution in [0.5, 0.6) is 0 Å². The Morgan fingerprint density at radius 3 is 2.53 bits per heavy atom. The molecule has 1 rings (SSSR count). The van der Waals surface area contributed by atoms with Gasteiger partial charge in [-0.15, -0.1) is 0 Å².